The van der Waals surface area contributed by atoms with E-state index < -0.39 is 0 Å². The number of nitrogens with one attached hydrogen (secondary N) is 2. The Morgan fingerprint density at radius 3 is 2.61 bits per heavy atom. The summed E-state index contributed by atoms with van der Waals surface area (Å²) in [7, 11) is 0. The molecule has 0 spiro atoms. The van der Waals surface area contributed by atoms with Crippen molar-refractivity contribution >= 4 is 29.1 Å². The lowest BCUT2D eigenvalue weighted by molar-refractivity contribution is 0.0876. The summed E-state index contributed by atoms with van der Waals surface area (Å²) in [6.45, 7) is 0.593. The second kappa shape index (κ2) is 5.51. The zero-order valence-corrected chi connectivity index (χ0v) is 11.4. The highest BCUT2D eigenvalue weighted by Crippen LogP contribution is 2.36. The monoisotopic (exact) mass is 290 g/mol. The SMILES string of the molecule is O=C(NCC1(CO)CCCC1)c1cc(Cl)c(Cl)[nH]1. The minimum absolute atomic E-state index is 0.111. The summed E-state index contributed by atoms with van der Waals surface area (Å²) in [5, 5.41) is 12.9. The van der Waals surface area contributed by atoms with Crippen molar-refractivity contribution in [1.29, 1.82) is 0 Å². The van der Waals surface area contributed by atoms with Gasteiger partial charge in [-0.15, -0.1) is 0 Å². The summed E-state index contributed by atoms with van der Waals surface area (Å²) in [5.41, 5.74) is 0.187. The molecule has 0 saturated heterocycles. The van der Waals surface area contributed by atoms with Crippen LogP contribution in [0, 0.1) is 5.41 Å². The molecule has 1 saturated carbocycles. The summed E-state index contributed by atoms with van der Waals surface area (Å²) in [5.74, 6) is -0.247. The molecule has 18 heavy (non-hydrogen) atoms. The minimum Gasteiger partial charge on any atom is -0.396 e. The number of hydrogen-bond acceptors (Lipinski definition) is 2. The molecule has 1 aromatic heterocycles. The van der Waals surface area contributed by atoms with Crippen molar-refractivity contribution in [3.63, 3.8) is 0 Å². The van der Waals surface area contributed by atoms with Crippen molar-refractivity contribution in [3.05, 3.63) is 21.9 Å². The van der Waals surface area contributed by atoms with E-state index in [2.05, 4.69) is 10.3 Å². The van der Waals surface area contributed by atoms with Crippen molar-refractivity contribution in [1.82, 2.24) is 10.3 Å². The molecule has 0 aromatic carbocycles. The topological polar surface area (TPSA) is 65.1 Å². The van der Waals surface area contributed by atoms with E-state index >= 15 is 0 Å². The predicted octanol–water partition coefficient (Wildman–Crippen LogP) is 2.60. The van der Waals surface area contributed by atoms with Crippen LogP contribution >= 0.6 is 23.2 Å². The highest BCUT2D eigenvalue weighted by Gasteiger charge is 2.33. The molecule has 2 rings (SSSR count). The van der Waals surface area contributed by atoms with Gasteiger partial charge in [0.1, 0.15) is 10.8 Å². The predicted molar refractivity (Wildman–Crippen MR) is 71.1 cm³/mol. The standard InChI is InChI=1S/C12H16Cl2N2O2/c13-8-5-9(16-10(8)14)11(18)15-6-12(7-17)3-1-2-4-12/h5,16-17H,1-4,6-7H2,(H,15,18). The molecule has 4 nitrogen and oxygen atoms in total. The Balaban J connectivity index is 1.95. The number of halogens is 2. The quantitative estimate of drug-likeness (QED) is 0.798. The minimum atomic E-state index is -0.247. The molecule has 0 atom stereocenters. The Hall–Kier alpha value is -0.710. The van der Waals surface area contributed by atoms with Crippen LogP contribution in [-0.2, 0) is 0 Å². The first kappa shape index (κ1) is 13.7. The number of carbonyl (C=O) groups excluding carboxylic acids is 1. The average molecular weight is 291 g/mol. The molecule has 1 aliphatic carbocycles. The Morgan fingerprint density at radius 2 is 2.11 bits per heavy atom. The number of amides is 1. The van der Waals surface area contributed by atoms with Gasteiger partial charge in [0.25, 0.3) is 5.91 Å². The molecule has 1 heterocycles. The van der Waals surface area contributed by atoms with Crippen LogP contribution in [0.15, 0.2) is 6.07 Å². The zero-order valence-electron chi connectivity index (χ0n) is 9.93. The fourth-order valence-corrected chi connectivity index (χ4v) is 2.72. The molecule has 0 radical (unpaired) electrons. The van der Waals surface area contributed by atoms with Crippen LogP contribution in [0.1, 0.15) is 36.2 Å². The fourth-order valence-electron chi connectivity index (χ4n) is 2.41. The van der Waals surface area contributed by atoms with Crippen molar-refractivity contribution in [2.45, 2.75) is 25.7 Å². The third-order valence-corrected chi connectivity index (χ3v) is 4.29. The Bertz CT molecular complexity index is 420. The van der Waals surface area contributed by atoms with Gasteiger partial charge in [0, 0.05) is 12.0 Å². The molecular formula is C12H16Cl2N2O2. The number of H-pyrrole nitrogens is 1. The first-order valence-electron chi connectivity index (χ1n) is 5.99. The average Bonchev–Trinajstić information content (AvgIpc) is 2.95. The normalized spacial score (nSPS) is 17.9. The molecule has 1 amide bonds. The second-order valence-electron chi connectivity index (χ2n) is 4.89. The van der Waals surface area contributed by atoms with E-state index in [0.29, 0.717) is 17.3 Å². The Kier molecular flexibility index (Phi) is 4.20. The molecule has 1 aromatic rings. The van der Waals surface area contributed by atoms with Crippen molar-refractivity contribution in [3.8, 4) is 0 Å². The van der Waals surface area contributed by atoms with Crippen LogP contribution in [-0.4, -0.2) is 29.1 Å². The lowest BCUT2D eigenvalue weighted by Crippen LogP contribution is -2.38. The maximum atomic E-state index is 11.9. The van der Waals surface area contributed by atoms with Gasteiger partial charge in [-0.2, -0.15) is 0 Å². The highest BCUT2D eigenvalue weighted by molar-refractivity contribution is 6.41. The van der Waals surface area contributed by atoms with Gasteiger partial charge in [0.15, 0.2) is 0 Å². The number of carbonyl (C=O) groups is 1. The second-order valence-corrected chi connectivity index (χ2v) is 5.68. The molecule has 3 N–H and O–H groups in total. The van der Waals surface area contributed by atoms with E-state index in [-0.39, 0.29) is 23.1 Å². The molecule has 0 unspecified atom stereocenters. The van der Waals surface area contributed by atoms with E-state index in [9.17, 15) is 9.90 Å². The molecule has 6 heteroatoms. The summed E-state index contributed by atoms with van der Waals surface area (Å²) in [6, 6.07) is 1.50. The zero-order chi connectivity index (χ0) is 13.2. The van der Waals surface area contributed by atoms with Gasteiger partial charge < -0.3 is 15.4 Å². The summed E-state index contributed by atoms with van der Waals surface area (Å²) >= 11 is 11.5. The number of aromatic nitrogens is 1. The Labute approximate surface area is 116 Å². The molecule has 0 bridgehead atoms. The van der Waals surface area contributed by atoms with E-state index in [1.807, 2.05) is 0 Å². The number of rotatable bonds is 4. The van der Waals surface area contributed by atoms with Crippen LogP contribution < -0.4 is 5.32 Å². The largest absolute Gasteiger partial charge is 0.396 e. The number of aromatic amines is 1. The summed E-state index contributed by atoms with van der Waals surface area (Å²) < 4.78 is 0. The van der Waals surface area contributed by atoms with Crippen LogP contribution in [0.25, 0.3) is 0 Å². The van der Waals surface area contributed by atoms with Crippen molar-refractivity contribution in [2.75, 3.05) is 13.2 Å². The number of hydrogen-bond donors (Lipinski definition) is 3. The van der Waals surface area contributed by atoms with Gasteiger partial charge in [-0.25, -0.2) is 0 Å². The molecular weight excluding hydrogens is 275 g/mol. The summed E-state index contributed by atoms with van der Waals surface area (Å²) in [6.07, 6.45) is 4.12. The van der Waals surface area contributed by atoms with Crippen LogP contribution in [0.5, 0.6) is 0 Å². The van der Waals surface area contributed by atoms with Crippen molar-refractivity contribution in [2.24, 2.45) is 5.41 Å². The lowest BCUT2D eigenvalue weighted by Gasteiger charge is -2.26. The van der Waals surface area contributed by atoms with E-state index in [4.69, 9.17) is 23.2 Å². The molecule has 1 fully saturated rings. The number of aliphatic hydroxyl groups excluding tert-OH is 1. The van der Waals surface area contributed by atoms with Gasteiger partial charge in [-0.1, -0.05) is 36.0 Å². The van der Waals surface area contributed by atoms with Gasteiger partial charge in [-0.3, -0.25) is 4.79 Å². The third kappa shape index (κ3) is 2.82. The Morgan fingerprint density at radius 1 is 1.44 bits per heavy atom. The maximum Gasteiger partial charge on any atom is 0.267 e. The highest BCUT2D eigenvalue weighted by atomic mass is 35.5. The first-order chi connectivity index (χ1) is 8.56. The van der Waals surface area contributed by atoms with Gasteiger partial charge in [0.05, 0.1) is 11.6 Å². The van der Waals surface area contributed by atoms with Crippen LogP contribution in [0.2, 0.25) is 10.2 Å². The van der Waals surface area contributed by atoms with Crippen molar-refractivity contribution < 1.29 is 9.90 Å². The first-order valence-corrected chi connectivity index (χ1v) is 6.75. The molecule has 100 valence electrons. The van der Waals surface area contributed by atoms with Gasteiger partial charge in [-0.05, 0) is 18.9 Å². The summed E-state index contributed by atoms with van der Waals surface area (Å²) in [4.78, 5) is 14.6. The number of aliphatic hydroxyl groups is 1. The maximum absolute atomic E-state index is 11.9. The van der Waals surface area contributed by atoms with E-state index in [1.54, 1.807) is 0 Å². The van der Waals surface area contributed by atoms with Gasteiger partial charge in [0.2, 0.25) is 0 Å². The molecule has 0 aliphatic heterocycles. The van der Waals surface area contributed by atoms with E-state index in [0.717, 1.165) is 25.7 Å². The fraction of sp³-hybridized carbons (Fsp3) is 0.583. The van der Waals surface area contributed by atoms with Gasteiger partial charge >= 0.3 is 0 Å². The third-order valence-electron chi connectivity index (χ3n) is 3.59. The lowest BCUT2D eigenvalue weighted by atomic mass is 9.87. The van der Waals surface area contributed by atoms with Crippen LogP contribution in [0.3, 0.4) is 0 Å². The van der Waals surface area contributed by atoms with Crippen LogP contribution in [0.4, 0.5) is 0 Å². The smallest absolute Gasteiger partial charge is 0.267 e. The molecule has 1 aliphatic rings. The van der Waals surface area contributed by atoms with E-state index in [1.165, 1.54) is 6.07 Å².